The second-order valence-electron chi connectivity index (χ2n) is 5.22. The van der Waals surface area contributed by atoms with Gasteiger partial charge in [0, 0.05) is 5.02 Å². The van der Waals surface area contributed by atoms with Gasteiger partial charge in [-0.3, -0.25) is 4.55 Å². The molecule has 120 valence electrons. The van der Waals surface area contributed by atoms with Crippen LogP contribution in [0, 0.1) is 0 Å². The fraction of sp³-hybridized carbons (Fsp3) is 0.600. The first-order valence-electron chi connectivity index (χ1n) is 7.31. The molecule has 1 aromatic rings. The molecule has 0 aliphatic rings. The molecule has 0 saturated heterocycles. The summed E-state index contributed by atoms with van der Waals surface area (Å²) in [4.78, 5) is -0.336. The number of rotatable bonds is 9. The molecule has 6 heteroatoms. The first-order chi connectivity index (χ1) is 9.86. The van der Waals surface area contributed by atoms with E-state index in [-0.39, 0.29) is 9.92 Å². The summed E-state index contributed by atoms with van der Waals surface area (Å²) in [7, 11) is -4.33. The van der Waals surface area contributed by atoms with Crippen LogP contribution < -0.4 is 0 Å². The number of unbranched alkanes of at least 4 members (excludes halogenated alkanes) is 6. The van der Waals surface area contributed by atoms with Crippen LogP contribution in [-0.4, -0.2) is 13.0 Å². The maximum Gasteiger partial charge on any atom is 0.296 e. The highest BCUT2D eigenvalue weighted by Crippen LogP contribution is 2.29. The fourth-order valence-electron chi connectivity index (χ4n) is 2.23. The van der Waals surface area contributed by atoms with E-state index in [2.05, 4.69) is 6.92 Å². The summed E-state index contributed by atoms with van der Waals surface area (Å²) in [6.45, 7) is 2.20. The highest BCUT2D eigenvalue weighted by Gasteiger charge is 2.17. The standard InChI is InChI=1S/C15H22Cl2O3S/c1-2-3-4-5-6-7-8-9-12-10-14(17)15(11-13(12)16)21(18,19)20/h10-11H,2-9H2,1H3,(H,18,19,20). The van der Waals surface area contributed by atoms with Crippen LogP contribution in [0.2, 0.25) is 10.0 Å². The molecule has 0 saturated carbocycles. The first-order valence-corrected chi connectivity index (χ1v) is 9.51. The van der Waals surface area contributed by atoms with Crippen molar-refractivity contribution in [2.45, 2.75) is 63.2 Å². The summed E-state index contributed by atoms with van der Waals surface area (Å²) in [6.07, 6.45) is 9.15. The van der Waals surface area contributed by atoms with Crippen molar-refractivity contribution in [3.8, 4) is 0 Å². The monoisotopic (exact) mass is 352 g/mol. The van der Waals surface area contributed by atoms with E-state index in [4.69, 9.17) is 27.8 Å². The van der Waals surface area contributed by atoms with Gasteiger partial charge in [0.1, 0.15) is 4.90 Å². The zero-order chi connectivity index (χ0) is 15.9. The van der Waals surface area contributed by atoms with Crippen LogP contribution in [-0.2, 0) is 16.5 Å². The van der Waals surface area contributed by atoms with E-state index >= 15 is 0 Å². The maximum atomic E-state index is 11.1. The molecular formula is C15H22Cl2O3S. The number of halogens is 2. The van der Waals surface area contributed by atoms with Gasteiger partial charge in [0.15, 0.2) is 0 Å². The fourth-order valence-corrected chi connectivity index (χ4v) is 3.61. The minimum atomic E-state index is -4.33. The largest absolute Gasteiger partial charge is 0.296 e. The zero-order valence-electron chi connectivity index (χ0n) is 12.2. The van der Waals surface area contributed by atoms with Crippen molar-refractivity contribution >= 4 is 33.3 Å². The number of hydrogen-bond acceptors (Lipinski definition) is 2. The lowest BCUT2D eigenvalue weighted by Crippen LogP contribution is -2.00. The van der Waals surface area contributed by atoms with Crippen molar-refractivity contribution in [1.82, 2.24) is 0 Å². The Balaban J connectivity index is 2.52. The van der Waals surface area contributed by atoms with Gasteiger partial charge in [-0.15, -0.1) is 0 Å². The minimum Gasteiger partial charge on any atom is -0.282 e. The Morgan fingerprint density at radius 3 is 2.10 bits per heavy atom. The molecule has 0 fully saturated rings. The summed E-state index contributed by atoms with van der Waals surface area (Å²) in [5.41, 5.74) is 0.822. The molecule has 0 spiro atoms. The number of benzene rings is 1. The Morgan fingerprint density at radius 2 is 1.52 bits per heavy atom. The van der Waals surface area contributed by atoms with E-state index < -0.39 is 10.1 Å². The molecule has 1 aromatic carbocycles. The van der Waals surface area contributed by atoms with E-state index in [1.807, 2.05) is 0 Å². The molecular weight excluding hydrogens is 331 g/mol. The van der Waals surface area contributed by atoms with E-state index in [0.717, 1.165) is 24.8 Å². The number of aryl methyl sites for hydroxylation is 1. The van der Waals surface area contributed by atoms with Gasteiger partial charge < -0.3 is 0 Å². The highest BCUT2D eigenvalue weighted by molar-refractivity contribution is 7.86. The molecule has 0 radical (unpaired) electrons. The average Bonchev–Trinajstić information content (AvgIpc) is 2.39. The quantitative estimate of drug-likeness (QED) is 0.469. The first kappa shape index (κ1) is 18.8. The van der Waals surface area contributed by atoms with Crippen molar-refractivity contribution in [1.29, 1.82) is 0 Å². The van der Waals surface area contributed by atoms with Crippen molar-refractivity contribution in [2.24, 2.45) is 0 Å². The summed E-state index contributed by atoms with van der Waals surface area (Å²) >= 11 is 11.9. The number of hydrogen-bond donors (Lipinski definition) is 1. The lowest BCUT2D eigenvalue weighted by atomic mass is 10.0. The Morgan fingerprint density at radius 1 is 0.952 bits per heavy atom. The summed E-state index contributed by atoms with van der Waals surface area (Å²) in [6, 6.07) is 2.75. The van der Waals surface area contributed by atoms with Crippen LogP contribution in [0.15, 0.2) is 17.0 Å². The second kappa shape index (κ2) is 8.99. The zero-order valence-corrected chi connectivity index (χ0v) is 14.6. The van der Waals surface area contributed by atoms with Crippen molar-refractivity contribution in [3.05, 3.63) is 27.7 Å². The molecule has 1 rings (SSSR count). The molecule has 3 nitrogen and oxygen atoms in total. The van der Waals surface area contributed by atoms with Crippen LogP contribution in [0.25, 0.3) is 0 Å². The van der Waals surface area contributed by atoms with Gasteiger partial charge >= 0.3 is 0 Å². The maximum absolute atomic E-state index is 11.1. The van der Waals surface area contributed by atoms with E-state index in [1.165, 1.54) is 44.2 Å². The Kier molecular flexibility index (Phi) is 8.03. The van der Waals surface area contributed by atoms with Gasteiger partial charge in [-0.25, -0.2) is 0 Å². The van der Waals surface area contributed by atoms with Gasteiger partial charge in [0.05, 0.1) is 5.02 Å². The molecule has 0 amide bonds. The van der Waals surface area contributed by atoms with Gasteiger partial charge in [-0.1, -0.05) is 68.7 Å². The smallest absolute Gasteiger partial charge is 0.282 e. The van der Waals surface area contributed by atoms with E-state index in [0.29, 0.717) is 5.02 Å². The SMILES string of the molecule is CCCCCCCCCc1cc(Cl)c(S(=O)(=O)O)cc1Cl. The third kappa shape index (κ3) is 6.55. The molecule has 0 aliphatic heterocycles. The molecule has 1 N–H and O–H groups in total. The molecule has 0 atom stereocenters. The van der Waals surface area contributed by atoms with Gasteiger partial charge in [-0.2, -0.15) is 8.42 Å². The highest BCUT2D eigenvalue weighted by atomic mass is 35.5. The molecule has 0 aromatic heterocycles. The third-order valence-electron chi connectivity index (χ3n) is 3.43. The summed E-state index contributed by atoms with van der Waals surface area (Å²) in [5, 5.41) is 0.345. The van der Waals surface area contributed by atoms with Crippen LogP contribution in [0.1, 0.15) is 57.4 Å². The van der Waals surface area contributed by atoms with Crippen molar-refractivity contribution < 1.29 is 13.0 Å². The minimum absolute atomic E-state index is 0.0137. The summed E-state index contributed by atoms with van der Waals surface area (Å²) < 4.78 is 31.3. The van der Waals surface area contributed by atoms with Crippen molar-refractivity contribution in [3.63, 3.8) is 0 Å². The molecule has 0 unspecified atom stereocenters. The van der Waals surface area contributed by atoms with Crippen LogP contribution >= 0.6 is 23.2 Å². The topological polar surface area (TPSA) is 54.4 Å². The lowest BCUT2D eigenvalue weighted by molar-refractivity contribution is 0.483. The molecule has 0 heterocycles. The van der Waals surface area contributed by atoms with Crippen LogP contribution in [0.5, 0.6) is 0 Å². The molecule has 0 aliphatic carbocycles. The van der Waals surface area contributed by atoms with Crippen LogP contribution in [0.3, 0.4) is 0 Å². The third-order valence-corrected chi connectivity index (χ3v) is 5.10. The van der Waals surface area contributed by atoms with Gasteiger partial charge in [0.25, 0.3) is 10.1 Å². The molecule has 0 bridgehead atoms. The van der Waals surface area contributed by atoms with E-state index in [1.54, 1.807) is 0 Å². The Hall–Kier alpha value is -0.290. The normalized spacial score (nSPS) is 11.8. The van der Waals surface area contributed by atoms with Crippen LogP contribution in [0.4, 0.5) is 0 Å². The second-order valence-corrected chi connectivity index (χ2v) is 7.42. The van der Waals surface area contributed by atoms with E-state index in [9.17, 15) is 8.42 Å². The molecule has 21 heavy (non-hydrogen) atoms. The van der Waals surface area contributed by atoms with Gasteiger partial charge in [0.2, 0.25) is 0 Å². The Labute approximate surface area is 137 Å². The average molecular weight is 353 g/mol. The van der Waals surface area contributed by atoms with Crippen molar-refractivity contribution in [2.75, 3.05) is 0 Å². The predicted octanol–water partition coefficient (Wildman–Crippen LogP) is 5.53. The predicted molar refractivity (Wildman–Crippen MR) is 88.0 cm³/mol. The summed E-state index contributed by atoms with van der Waals surface area (Å²) in [5.74, 6) is 0. The lowest BCUT2D eigenvalue weighted by Gasteiger charge is -2.08. The van der Waals surface area contributed by atoms with Gasteiger partial charge in [-0.05, 0) is 30.5 Å². The Bertz CT molecular complexity index is 556.